The van der Waals surface area contributed by atoms with E-state index in [-0.39, 0.29) is 12.3 Å². The fourth-order valence-corrected chi connectivity index (χ4v) is 5.02. The zero-order valence-corrected chi connectivity index (χ0v) is 17.1. The molecule has 2 amide bonds. The zero-order chi connectivity index (χ0) is 19.0. The number of thioether (sulfide) groups is 1. The van der Waals surface area contributed by atoms with Crippen LogP contribution in [-0.4, -0.2) is 29.3 Å². The Bertz CT molecular complexity index is 934. The Labute approximate surface area is 173 Å². The van der Waals surface area contributed by atoms with Gasteiger partial charge in [-0.15, -0.1) is 0 Å². The summed E-state index contributed by atoms with van der Waals surface area (Å²) in [5.41, 5.74) is 1.36. The Kier molecular flexibility index (Phi) is 4.85. The molecule has 1 N–H and O–H groups in total. The highest BCUT2D eigenvalue weighted by Gasteiger charge is 2.58. The van der Waals surface area contributed by atoms with Crippen LogP contribution < -0.4 is 10.2 Å². The van der Waals surface area contributed by atoms with Crippen molar-refractivity contribution in [2.24, 2.45) is 0 Å². The summed E-state index contributed by atoms with van der Waals surface area (Å²) in [6.45, 7) is -0.397. The summed E-state index contributed by atoms with van der Waals surface area (Å²) in [7, 11) is 0. The molecule has 0 saturated carbocycles. The SMILES string of the molecule is O=C(COC(=O)C12CCC(=O)N1c1ccccc1S2)Nc1ccc(I)cc1. The summed E-state index contributed by atoms with van der Waals surface area (Å²) < 4.78 is 6.36. The van der Waals surface area contributed by atoms with Gasteiger partial charge in [0.2, 0.25) is 5.91 Å². The first kappa shape index (κ1) is 18.3. The summed E-state index contributed by atoms with van der Waals surface area (Å²) in [6.07, 6.45) is 0.647. The lowest BCUT2D eigenvalue weighted by Gasteiger charge is -2.28. The van der Waals surface area contributed by atoms with E-state index in [9.17, 15) is 14.4 Å². The first-order valence-electron chi connectivity index (χ1n) is 8.33. The molecule has 0 radical (unpaired) electrons. The average molecular weight is 494 g/mol. The van der Waals surface area contributed by atoms with Crippen molar-refractivity contribution in [3.8, 4) is 0 Å². The van der Waals surface area contributed by atoms with Crippen molar-refractivity contribution in [2.75, 3.05) is 16.8 Å². The lowest BCUT2D eigenvalue weighted by molar-refractivity contribution is -0.149. The third-order valence-electron chi connectivity index (χ3n) is 4.45. The lowest BCUT2D eigenvalue weighted by atomic mass is 10.2. The van der Waals surface area contributed by atoms with E-state index in [2.05, 4.69) is 27.9 Å². The van der Waals surface area contributed by atoms with Crippen LogP contribution >= 0.6 is 34.4 Å². The van der Waals surface area contributed by atoms with Crippen molar-refractivity contribution in [1.29, 1.82) is 0 Å². The van der Waals surface area contributed by atoms with Gasteiger partial charge in [-0.1, -0.05) is 23.9 Å². The highest BCUT2D eigenvalue weighted by Crippen LogP contribution is 2.56. The monoisotopic (exact) mass is 494 g/mol. The topological polar surface area (TPSA) is 75.7 Å². The molecule has 4 rings (SSSR count). The molecule has 6 nitrogen and oxygen atoms in total. The highest BCUT2D eigenvalue weighted by molar-refractivity contribution is 14.1. The van der Waals surface area contributed by atoms with E-state index in [4.69, 9.17) is 4.74 Å². The van der Waals surface area contributed by atoms with Gasteiger partial charge in [0.1, 0.15) is 0 Å². The Morgan fingerprint density at radius 2 is 1.93 bits per heavy atom. The van der Waals surface area contributed by atoms with Crippen LogP contribution in [0.1, 0.15) is 12.8 Å². The second kappa shape index (κ2) is 7.16. The van der Waals surface area contributed by atoms with Gasteiger partial charge in [0.25, 0.3) is 5.91 Å². The number of ether oxygens (including phenoxy) is 1. The molecule has 1 fully saturated rings. The molecule has 0 aliphatic carbocycles. The first-order chi connectivity index (χ1) is 13.0. The molecule has 138 valence electrons. The summed E-state index contributed by atoms with van der Waals surface area (Å²) in [5.74, 6) is -1.09. The number of amides is 2. The predicted molar refractivity (Wildman–Crippen MR) is 110 cm³/mol. The smallest absolute Gasteiger partial charge is 0.344 e. The van der Waals surface area contributed by atoms with Crippen LogP contribution in [0.4, 0.5) is 11.4 Å². The van der Waals surface area contributed by atoms with Crippen LogP contribution in [0.2, 0.25) is 0 Å². The molecule has 8 heteroatoms. The van der Waals surface area contributed by atoms with E-state index < -0.39 is 23.4 Å². The third kappa shape index (κ3) is 3.31. The Morgan fingerprint density at radius 3 is 2.70 bits per heavy atom. The number of nitrogens with zero attached hydrogens (tertiary/aromatic N) is 1. The van der Waals surface area contributed by atoms with Gasteiger partial charge in [-0.2, -0.15) is 0 Å². The molecule has 2 aromatic rings. The van der Waals surface area contributed by atoms with E-state index in [0.717, 1.165) is 14.2 Å². The molecule has 0 aromatic heterocycles. The van der Waals surface area contributed by atoms with Crippen LogP contribution in [0, 0.1) is 3.57 Å². The van der Waals surface area contributed by atoms with Gasteiger partial charge >= 0.3 is 5.97 Å². The number of nitrogens with one attached hydrogen (secondary N) is 1. The third-order valence-corrected chi connectivity index (χ3v) is 6.63. The van der Waals surface area contributed by atoms with Gasteiger partial charge in [0.05, 0.1) is 5.69 Å². The number of hydrogen-bond acceptors (Lipinski definition) is 5. The zero-order valence-electron chi connectivity index (χ0n) is 14.1. The van der Waals surface area contributed by atoms with Crippen LogP contribution in [0.25, 0.3) is 0 Å². The molecular weight excluding hydrogens is 479 g/mol. The molecule has 27 heavy (non-hydrogen) atoms. The average Bonchev–Trinajstić information content (AvgIpc) is 3.17. The number of carbonyl (C=O) groups excluding carboxylic acids is 3. The van der Waals surface area contributed by atoms with Gasteiger partial charge in [-0.25, -0.2) is 4.79 Å². The Balaban J connectivity index is 1.44. The second-order valence-electron chi connectivity index (χ2n) is 6.21. The number of anilines is 2. The van der Waals surface area contributed by atoms with E-state index in [1.165, 1.54) is 16.7 Å². The molecule has 0 bridgehead atoms. The number of fused-ring (bicyclic) bond motifs is 3. The van der Waals surface area contributed by atoms with Crippen LogP contribution in [0.5, 0.6) is 0 Å². The van der Waals surface area contributed by atoms with Crippen LogP contribution in [0.15, 0.2) is 53.4 Å². The van der Waals surface area contributed by atoms with Gasteiger partial charge < -0.3 is 10.1 Å². The molecule has 2 aliphatic heterocycles. The van der Waals surface area contributed by atoms with Gasteiger partial charge in [-0.3, -0.25) is 14.5 Å². The minimum atomic E-state index is -1.11. The number of rotatable bonds is 4. The van der Waals surface area contributed by atoms with Gasteiger partial charge in [0, 0.05) is 27.0 Å². The quantitative estimate of drug-likeness (QED) is 0.521. The molecule has 2 heterocycles. The largest absolute Gasteiger partial charge is 0.453 e. The maximum absolute atomic E-state index is 12.8. The standard InChI is InChI=1S/C19H15IN2O4S/c20-12-5-7-13(8-6-12)21-16(23)11-26-18(25)19-10-9-17(24)22(19)14-3-1-2-4-15(14)27-19/h1-8H,9-11H2,(H,21,23). The van der Waals surface area contributed by atoms with Gasteiger partial charge in [-0.05, 0) is 59.0 Å². The predicted octanol–water partition coefficient (Wildman–Crippen LogP) is 3.40. The number of esters is 1. The van der Waals surface area contributed by atoms with E-state index in [1.807, 2.05) is 36.4 Å². The lowest BCUT2D eigenvalue weighted by Crippen LogP contribution is -2.48. The minimum absolute atomic E-state index is 0.104. The van der Waals surface area contributed by atoms with Gasteiger partial charge in [0.15, 0.2) is 11.5 Å². The van der Waals surface area contributed by atoms with Crippen molar-refractivity contribution in [2.45, 2.75) is 22.6 Å². The number of halogens is 1. The molecule has 1 atom stereocenters. The van der Waals surface area contributed by atoms with Crippen molar-refractivity contribution in [3.05, 3.63) is 52.1 Å². The minimum Gasteiger partial charge on any atom is -0.453 e. The fourth-order valence-electron chi connectivity index (χ4n) is 3.25. The fraction of sp³-hybridized carbons (Fsp3) is 0.211. The summed E-state index contributed by atoms with van der Waals surface area (Å²) >= 11 is 3.50. The number of para-hydroxylation sites is 1. The highest BCUT2D eigenvalue weighted by atomic mass is 127. The normalized spacial score (nSPS) is 20.2. The Hall–Kier alpha value is -2.07. The first-order valence-corrected chi connectivity index (χ1v) is 10.2. The van der Waals surface area contributed by atoms with Crippen molar-refractivity contribution in [3.63, 3.8) is 0 Å². The Morgan fingerprint density at radius 1 is 1.19 bits per heavy atom. The molecule has 0 spiro atoms. The molecule has 1 unspecified atom stereocenters. The summed E-state index contributed by atoms with van der Waals surface area (Å²) in [4.78, 5) is 38.6. The molecule has 1 saturated heterocycles. The number of hydrogen-bond donors (Lipinski definition) is 1. The van der Waals surface area contributed by atoms with E-state index in [1.54, 1.807) is 12.1 Å². The number of carbonyl (C=O) groups is 3. The van der Waals surface area contributed by atoms with E-state index >= 15 is 0 Å². The summed E-state index contributed by atoms with van der Waals surface area (Å²) in [6, 6.07) is 14.7. The van der Waals surface area contributed by atoms with Crippen LogP contribution in [-0.2, 0) is 19.1 Å². The molecule has 2 aliphatic rings. The van der Waals surface area contributed by atoms with Crippen molar-refractivity contribution in [1.82, 2.24) is 0 Å². The number of benzene rings is 2. The molecule has 2 aromatic carbocycles. The van der Waals surface area contributed by atoms with Crippen molar-refractivity contribution < 1.29 is 19.1 Å². The molecular formula is C19H15IN2O4S. The van der Waals surface area contributed by atoms with Crippen molar-refractivity contribution >= 4 is 63.5 Å². The maximum Gasteiger partial charge on any atom is 0.344 e. The van der Waals surface area contributed by atoms with E-state index in [0.29, 0.717) is 12.1 Å². The second-order valence-corrected chi connectivity index (χ2v) is 8.78. The summed E-state index contributed by atoms with van der Waals surface area (Å²) in [5, 5.41) is 2.69. The maximum atomic E-state index is 12.8. The van der Waals surface area contributed by atoms with Crippen LogP contribution in [0.3, 0.4) is 0 Å².